The highest BCUT2D eigenvalue weighted by Crippen LogP contribution is 2.41. The minimum absolute atomic E-state index is 0.686. The van der Waals surface area contributed by atoms with Crippen LogP contribution >= 0.6 is 12.6 Å². The molecular weight excluding hydrogens is 284 g/mol. The summed E-state index contributed by atoms with van der Waals surface area (Å²) in [5.41, 5.74) is 4.19. The average molecular weight is 309 g/mol. The predicted octanol–water partition coefficient (Wildman–Crippen LogP) is 6.98. The van der Waals surface area contributed by atoms with E-state index in [-0.39, 0.29) is 0 Å². The Morgan fingerprint density at radius 1 is 0.955 bits per heavy atom. The molecule has 0 bridgehead atoms. The lowest BCUT2D eigenvalue weighted by Gasteiger charge is -2.30. The van der Waals surface area contributed by atoms with E-state index in [0.717, 1.165) is 10.8 Å². The molecule has 0 saturated heterocycles. The van der Waals surface area contributed by atoms with Gasteiger partial charge < -0.3 is 0 Å². The third kappa shape index (κ3) is 3.52. The van der Waals surface area contributed by atoms with E-state index in [1.54, 1.807) is 0 Å². The first-order valence-corrected chi connectivity index (χ1v) is 9.05. The second-order valence-corrected chi connectivity index (χ2v) is 7.09. The molecule has 1 heteroatoms. The topological polar surface area (TPSA) is 0 Å². The van der Waals surface area contributed by atoms with Crippen molar-refractivity contribution in [1.82, 2.24) is 0 Å². The van der Waals surface area contributed by atoms with E-state index in [1.807, 2.05) is 0 Å². The first kappa shape index (κ1) is 15.6. The third-order valence-corrected chi connectivity index (χ3v) is 5.35. The van der Waals surface area contributed by atoms with Crippen LogP contribution in [0.5, 0.6) is 0 Å². The first-order chi connectivity index (χ1) is 10.8. The van der Waals surface area contributed by atoms with Gasteiger partial charge in [-0.2, -0.15) is 0 Å². The van der Waals surface area contributed by atoms with Gasteiger partial charge in [0.2, 0.25) is 0 Å². The molecule has 0 aromatic heterocycles. The Morgan fingerprint density at radius 2 is 1.68 bits per heavy atom. The van der Waals surface area contributed by atoms with Crippen LogP contribution in [0.1, 0.15) is 56.9 Å². The normalized spacial score (nSPS) is 21.7. The Bertz CT molecular complexity index is 595. The maximum Gasteiger partial charge on any atom is 0.0380 e. The molecule has 22 heavy (non-hydrogen) atoms. The zero-order chi connectivity index (χ0) is 15.4. The molecule has 1 fully saturated rings. The third-order valence-electron chi connectivity index (χ3n) is 5.09. The van der Waals surface area contributed by atoms with Crippen LogP contribution in [0.3, 0.4) is 0 Å². The minimum atomic E-state index is 0.686. The van der Waals surface area contributed by atoms with E-state index in [4.69, 9.17) is 12.6 Å². The summed E-state index contributed by atoms with van der Waals surface area (Å²) in [5, 5.41) is 0. The number of hydrogen-bond acceptors (Lipinski definition) is 0. The minimum Gasteiger partial charge on any atom is -0.0801 e. The van der Waals surface area contributed by atoms with E-state index in [0.29, 0.717) is 5.92 Å². The molecule has 3 rings (SSSR count). The molecule has 0 aliphatic heterocycles. The molecule has 2 aromatic rings. The van der Waals surface area contributed by atoms with Crippen LogP contribution < -0.4 is 0 Å². The fraction of sp³-hybridized carbons (Fsp3) is 0.429. The molecule has 1 saturated carbocycles. The summed E-state index contributed by atoms with van der Waals surface area (Å²) < 4.78 is 0. The summed E-state index contributed by atoms with van der Waals surface area (Å²) in [4.78, 5) is 0.977. The van der Waals surface area contributed by atoms with E-state index >= 15 is 0 Å². The molecule has 0 spiro atoms. The van der Waals surface area contributed by atoms with Crippen molar-refractivity contribution in [2.24, 2.45) is 5.92 Å². The summed E-state index contributed by atoms with van der Waals surface area (Å²) in [7, 11) is 0. The molecule has 115 valence electrons. The molecule has 1 aliphatic carbocycles. The van der Waals surface area contributed by atoms with Gasteiger partial charge in [0.25, 0.3) is 0 Å². The van der Waals surface area contributed by atoms with Crippen LogP contribution in [0.15, 0.2) is 53.4 Å². The number of benzene rings is 2. The van der Waals surface area contributed by atoms with Crippen molar-refractivity contribution in [3.05, 3.63) is 54.1 Å². The molecule has 0 heterocycles. The highest BCUT2D eigenvalue weighted by molar-refractivity contribution is 7.80. The Labute approximate surface area is 140 Å². The lowest BCUT2D eigenvalue weighted by atomic mass is 9.75. The summed E-state index contributed by atoms with van der Waals surface area (Å²) in [6.07, 6.45) is 8.14. The Balaban J connectivity index is 1.86. The Kier molecular flexibility index (Phi) is 5.15. The van der Waals surface area contributed by atoms with Crippen molar-refractivity contribution in [2.45, 2.75) is 56.3 Å². The molecule has 0 amide bonds. The molecule has 0 nitrogen and oxygen atoms in total. The van der Waals surface area contributed by atoms with Gasteiger partial charge >= 0.3 is 0 Å². The monoisotopic (exact) mass is 309 g/mol. The number of rotatable bonds is 4. The summed E-state index contributed by atoms with van der Waals surface area (Å²) in [5.74, 6) is 1.64. The van der Waals surface area contributed by atoms with Gasteiger partial charge in [0, 0.05) is 4.90 Å². The van der Waals surface area contributed by atoms with Crippen molar-refractivity contribution in [2.75, 3.05) is 0 Å². The van der Waals surface area contributed by atoms with Crippen LogP contribution in [-0.2, 0) is 0 Å². The van der Waals surface area contributed by atoms with Crippen molar-refractivity contribution >= 4 is 12.6 Å². The van der Waals surface area contributed by atoms with E-state index < -0.39 is 0 Å². The highest BCUT2D eigenvalue weighted by atomic mass is 32.1. The van der Waals surface area contributed by atoms with Crippen molar-refractivity contribution in [3.8, 4) is 11.1 Å². The maximum atomic E-state index is 5.44. The van der Waals surface area contributed by atoms with Gasteiger partial charge in [0.05, 0.1) is 0 Å². The second kappa shape index (κ2) is 7.28. The predicted molar refractivity (Wildman–Crippen MR) is 97.3 cm³/mol. The lowest BCUT2D eigenvalue weighted by molar-refractivity contribution is 0.308. The van der Waals surface area contributed by atoms with Gasteiger partial charge in [-0.1, -0.05) is 68.8 Å². The molecule has 1 radical (unpaired) electrons. The van der Waals surface area contributed by atoms with Crippen LogP contribution in [-0.4, -0.2) is 0 Å². The van der Waals surface area contributed by atoms with E-state index in [1.165, 1.54) is 55.2 Å². The second-order valence-electron chi connectivity index (χ2n) is 6.62. The van der Waals surface area contributed by atoms with Crippen molar-refractivity contribution < 1.29 is 0 Å². The fourth-order valence-corrected chi connectivity index (χ4v) is 4.12. The fourth-order valence-electron chi connectivity index (χ4n) is 3.93. The zero-order valence-electron chi connectivity index (χ0n) is 13.4. The summed E-state index contributed by atoms with van der Waals surface area (Å²) >= 11 is 5.44. The zero-order valence-corrected chi connectivity index (χ0v) is 14.2. The number of hydrogen-bond donors (Lipinski definition) is 0. The lowest BCUT2D eigenvalue weighted by Crippen LogP contribution is -2.14. The molecule has 0 N–H and O–H groups in total. The molecular formula is C21H25S. The van der Waals surface area contributed by atoms with E-state index in [2.05, 4.69) is 55.5 Å². The van der Waals surface area contributed by atoms with Crippen LogP contribution in [0.2, 0.25) is 0 Å². The van der Waals surface area contributed by atoms with Crippen LogP contribution in [0.25, 0.3) is 11.1 Å². The molecule has 0 unspecified atom stereocenters. The average Bonchev–Trinajstić information content (AvgIpc) is 2.57. The Hall–Kier alpha value is -1.34. The quantitative estimate of drug-likeness (QED) is 0.571. The standard InChI is InChI=1S/C21H25S/c1-2-6-16-9-11-18(12-10-16)21-15-19(22)13-14-20(21)17-7-4-3-5-8-17/h3-5,7-8,13-16,18H,2,6,9-12H2,1H3. The van der Waals surface area contributed by atoms with E-state index in [9.17, 15) is 0 Å². The van der Waals surface area contributed by atoms with Gasteiger partial charge in [-0.15, -0.1) is 0 Å². The Morgan fingerprint density at radius 3 is 2.36 bits per heavy atom. The maximum absolute atomic E-state index is 5.44. The van der Waals surface area contributed by atoms with Crippen molar-refractivity contribution in [1.29, 1.82) is 0 Å². The highest BCUT2D eigenvalue weighted by Gasteiger charge is 2.24. The van der Waals surface area contributed by atoms with Gasteiger partial charge in [-0.05, 0) is 66.3 Å². The largest absolute Gasteiger partial charge is 0.0801 e. The first-order valence-electron chi connectivity index (χ1n) is 8.64. The summed E-state index contributed by atoms with van der Waals surface area (Å²) in [6.45, 7) is 2.31. The molecule has 0 atom stereocenters. The molecule has 1 aliphatic rings. The SMILES string of the molecule is CCCC1CCC(c2cc([S])ccc2-c2ccccc2)CC1. The van der Waals surface area contributed by atoms with Crippen LogP contribution in [0, 0.1) is 5.92 Å². The van der Waals surface area contributed by atoms with Crippen LogP contribution in [0.4, 0.5) is 0 Å². The van der Waals surface area contributed by atoms with Crippen molar-refractivity contribution in [3.63, 3.8) is 0 Å². The smallest absolute Gasteiger partial charge is 0.0380 e. The van der Waals surface area contributed by atoms with Gasteiger partial charge in [-0.3, -0.25) is 0 Å². The summed E-state index contributed by atoms with van der Waals surface area (Å²) in [6, 6.07) is 17.3. The van der Waals surface area contributed by atoms with Gasteiger partial charge in [0.15, 0.2) is 0 Å². The van der Waals surface area contributed by atoms with Gasteiger partial charge in [0.1, 0.15) is 0 Å². The van der Waals surface area contributed by atoms with Gasteiger partial charge in [-0.25, -0.2) is 0 Å². The molecule has 2 aromatic carbocycles.